The highest BCUT2D eigenvalue weighted by Gasteiger charge is 2.22. The first-order valence-corrected chi connectivity index (χ1v) is 12.7. The van der Waals surface area contributed by atoms with E-state index in [-0.39, 0.29) is 11.7 Å². The number of morpholine rings is 1. The minimum absolute atomic E-state index is 0.0377. The second kappa shape index (κ2) is 10.9. The normalized spacial score (nSPS) is 14.7. The van der Waals surface area contributed by atoms with Crippen LogP contribution < -0.4 is 4.90 Å². The number of amides is 1. The number of halogens is 2. The lowest BCUT2D eigenvalue weighted by molar-refractivity contribution is -0.118. The van der Waals surface area contributed by atoms with Gasteiger partial charge in [0.25, 0.3) is 0 Å². The van der Waals surface area contributed by atoms with Crippen LogP contribution in [-0.2, 0) is 9.53 Å². The van der Waals surface area contributed by atoms with Crippen LogP contribution in [0.4, 0.5) is 9.52 Å². The maximum Gasteiger partial charge on any atom is 0.229 e. The molecule has 1 fully saturated rings. The molecule has 0 unspecified atom stereocenters. The Labute approximate surface area is 200 Å². The molecule has 1 aliphatic rings. The van der Waals surface area contributed by atoms with E-state index in [1.54, 1.807) is 28.8 Å². The monoisotopic (exact) mass is 493 g/mol. The summed E-state index contributed by atoms with van der Waals surface area (Å²) < 4.78 is 19.6. The van der Waals surface area contributed by atoms with Gasteiger partial charge in [-0.15, -0.1) is 11.8 Å². The zero-order valence-corrected chi connectivity index (χ0v) is 20.2. The standard InChI is InChI=1S/C23H25ClFN3O2S2/c1-16-19(24)6-7-20-22(16)26-23(32-20)28(10-9-27-11-13-30-14-12-27)21(29)8-15-31-18-4-2-17(25)3-5-18/h2-7H,8-15H2,1H3. The Hall–Kier alpha value is -1.71. The Morgan fingerprint density at radius 1 is 1.25 bits per heavy atom. The van der Waals surface area contributed by atoms with Crippen molar-refractivity contribution < 1.29 is 13.9 Å². The lowest BCUT2D eigenvalue weighted by atomic mass is 10.2. The third-order valence-electron chi connectivity index (χ3n) is 5.41. The molecular formula is C23H25ClFN3O2S2. The van der Waals surface area contributed by atoms with Crippen molar-refractivity contribution in [3.05, 3.63) is 52.8 Å². The van der Waals surface area contributed by atoms with E-state index in [1.165, 1.54) is 23.5 Å². The molecule has 2 heterocycles. The Kier molecular flexibility index (Phi) is 8.02. The Balaban J connectivity index is 1.48. The van der Waals surface area contributed by atoms with Crippen LogP contribution in [-0.4, -0.2) is 60.9 Å². The van der Waals surface area contributed by atoms with Gasteiger partial charge in [0.2, 0.25) is 5.91 Å². The molecule has 1 aromatic heterocycles. The van der Waals surface area contributed by atoms with Gasteiger partial charge < -0.3 is 4.74 Å². The third-order valence-corrected chi connectivity index (χ3v) is 7.88. The molecule has 0 spiro atoms. The first-order valence-electron chi connectivity index (χ1n) is 10.6. The molecule has 0 radical (unpaired) electrons. The molecule has 0 N–H and O–H groups in total. The molecule has 5 nitrogen and oxygen atoms in total. The van der Waals surface area contributed by atoms with Crippen molar-refractivity contribution in [2.45, 2.75) is 18.2 Å². The highest BCUT2D eigenvalue weighted by atomic mass is 35.5. The lowest BCUT2D eigenvalue weighted by Gasteiger charge is -2.29. The van der Waals surface area contributed by atoms with Crippen molar-refractivity contribution in [1.29, 1.82) is 0 Å². The molecule has 0 atom stereocenters. The number of fused-ring (bicyclic) bond motifs is 1. The minimum atomic E-state index is -0.258. The SMILES string of the molecule is Cc1c(Cl)ccc2sc(N(CCN3CCOCC3)C(=O)CCSc3ccc(F)cc3)nc12. The third kappa shape index (κ3) is 5.80. The van der Waals surface area contributed by atoms with Gasteiger partial charge in [0.15, 0.2) is 5.13 Å². The second-order valence-corrected chi connectivity index (χ2v) is 10.2. The van der Waals surface area contributed by atoms with Crippen LogP contribution >= 0.6 is 34.7 Å². The van der Waals surface area contributed by atoms with Crippen LogP contribution in [0.1, 0.15) is 12.0 Å². The Morgan fingerprint density at radius 3 is 2.75 bits per heavy atom. The summed E-state index contributed by atoms with van der Waals surface area (Å²) in [5, 5.41) is 1.38. The van der Waals surface area contributed by atoms with Gasteiger partial charge in [-0.2, -0.15) is 0 Å². The molecule has 1 amide bonds. The number of ether oxygens (including phenoxy) is 1. The number of carbonyl (C=O) groups is 1. The zero-order chi connectivity index (χ0) is 22.5. The first kappa shape index (κ1) is 23.4. The van der Waals surface area contributed by atoms with Gasteiger partial charge in [-0.1, -0.05) is 22.9 Å². The fraction of sp³-hybridized carbons (Fsp3) is 0.391. The molecule has 0 aliphatic carbocycles. The number of rotatable bonds is 8. The van der Waals surface area contributed by atoms with Gasteiger partial charge in [-0.25, -0.2) is 9.37 Å². The summed E-state index contributed by atoms with van der Waals surface area (Å²) in [4.78, 5) is 23.1. The zero-order valence-electron chi connectivity index (χ0n) is 17.9. The molecule has 1 saturated heterocycles. The molecule has 32 heavy (non-hydrogen) atoms. The predicted molar refractivity (Wildman–Crippen MR) is 131 cm³/mol. The molecule has 170 valence electrons. The maximum atomic E-state index is 13.2. The summed E-state index contributed by atoms with van der Waals surface area (Å²) in [6.07, 6.45) is 0.376. The topological polar surface area (TPSA) is 45.7 Å². The van der Waals surface area contributed by atoms with E-state index in [4.69, 9.17) is 21.3 Å². The number of anilines is 1. The van der Waals surface area contributed by atoms with Crippen molar-refractivity contribution in [2.75, 3.05) is 50.0 Å². The van der Waals surface area contributed by atoms with Crippen LogP contribution in [0.3, 0.4) is 0 Å². The Morgan fingerprint density at radius 2 is 2.00 bits per heavy atom. The van der Waals surface area contributed by atoms with Gasteiger partial charge in [0.1, 0.15) is 5.82 Å². The molecule has 4 rings (SSSR count). The van der Waals surface area contributed by atoms with Crippen LogP contribution in [0, 0.1) is 12.7 Å². The highest BCUT2D eigenvalue weighted by Crippen LogP contribution is 2.34. The van der Waals surface area contributed by atoms with Gasteiger partial charge in [0, 0.05) is 48.3 Å². The lowest BCUT2D eigenvalue weighted by Crippen LogP contribution is -2.43. The summed E-state index contributed by atoms with van der Waals surface area (Å²) in [5.41, 5.74) is 1.78. The van der Waals surface area contributed by atoms with Crippen molar-refractivity contribution in [1.82, 2.24) is 9.88 Å². The molecule has 3 aromatic rings. The predicted octanol–water partition coefficient (Wildman–Crippen LogP) is 5.24. The summed E-state index contributed by atoms with van der Waals surface area (Å²) >= 11 is 9.35. The van der Waals surface area contributed by atoms with Crippen molar-refractivity contribution in [3.8, 4) is 0 Å². The smallest absolute Gasteiger partial charge is 0.229 e. The van der Waals surface area contributed by atoms with E-state index in [0.29, 0.717) is 28.9 Å². The minimum Gasteiger partial charge on any atom is -0.379 e. The second-order valence-electron chi connectivity index (χ2n) is 7.57. The van der Waals surface area contributed by atoms with E-state index < -0.39 is 0 Å². The van der Waals surface area contributed by atoms with E-state index in [0.717, 1.165) is 53.5 Å². The number of hydrogen-bond acceptors (Lipinski definition) is 6. The number of nitrogens with zero attached hydrogens (tertiary/aromatic N) is 3. The largest absolute Gasteiger partial charge is 0.379 e. The summed E-state index contributed by atoms with van der Waals surface area (Å²) in [7, 11) is 0. The molecular weight excluding hydrogens is 469 g/mol. The number of thioether (sulfide) groups is 1. The number of aryl methyl sites for hydroxylation is 1. The van der Waals surface area contributed by atoms with Crippen molar-refractivity contribution in [3.63, 3.8) is 0 Å². The van der Waals surface area contributed by atoms with E-state index in [2.05, 4.69) is 4.90 Å². The van der Waals surface area contributed by atoms with Crippen molar-refractivity contribution >= 4 is 56.0 Å². The van der Waals surface area contributed by atoms with E-state index >= 15 is 0 Å². The average molecular weight is 494 g/mol. The number of aromatic nitrogens is 1. The van der Waals surface area contributed by atoms with Gasteiger partial charge >= 0.3 is 0 Å². The average Bonchev–Trinajstić information content (AvgIpc) is 3.23. The number of benzene rings is 2. The van der Waals surface area contributed by atoms with Gasteiger partial charge in [-0.05, 0) is 48.9 Å². The summed E-state index contributed by atoms with van der Waals surface area (Å²) in [6.45, 7) is 6.49. The first-order chi connectivity index (χ1) is 15.5. The summed E-state index contributed by atoms with van der Waals surface area (Å²) in [5.74, 6) is 0.399. The summed E-state index contributed by atoms with van der Waals surface area (Å²) in [6, 6.07) is 10.2. The molecule has 0 bridgehead atoms. The van der Waals surface area contributed by atoms with E-state index in [1.807, 2.05) is 19.1 Å². The molecule has 1 aliphatic heterocycles. The van der Waals surface area contributed by atoms with Gasteiger partial charge in [-0.3, -0.25) is 14.6 Å². The highest BCUT2D eigenvalue weighted by molar-refractivity contribution is 7.99. The van der Waals surface area contributed by atoms with Crippen molar-refractivity contribution in [2.24, 2.45) is 0 Å². The van der Waals surface area contributed by atoms with E-state index in [9.17, 15) is 9.18 Å². The fourth-order valence-electron chi connectivity index (χ4n) is 3.52. The number of carbonyl (C=O) groups excluding carboxylic acids is 1. The Bertz CT molecular complexity index is 1070. The van der Waals surface area contributed by atoms with Crippen LogP contribution in [0.15, 0.2) is 41.3 Å². The van der Waals surface area contributed by atoms with Gasteiger partial charge in [0.05, 0.1) is 23.4 Å². The quantitative estimate of drug-likeness (QED) is 0.401. The van der Waals surface area contributed by atoms with Crippen LogP contribution in [0.2, 0.25) is 5.02 Å². The molecule has 2 aromatic carbocycles. The molecule has 9 heteroatoms. The number of thiazole rings is 1. The van der Waals surface area contributed by atoms with Crippen LogP contribution in [0.5, 0.6) is 0 Å². The maximum absolute atomic E-state index is 13.2. The fourth-order valence-corrected chi connectivity index (χ4v) is 5.58. The molecule has 0 saturated carbocycles. The van der Waals surface area contributed by atoms with Crippen LogP contribution in [0.25, 0.3) is 10.2 Å². The number of hydrogen-bond donors (Lipinski definition) is 0.